The zero-order chi connectivity index (χ0) is 13.8. The Hall–Kier alpha value is -1.41. The molecule has 2 heterocycles. The van der Waals surface area contributed by atoms with Crippen LogP contribution in [0.2, 0.25) is 0 Å². The smallest absolute Gasteiger partial charge is 0.246 e. The number of hydrogen-bond acceptors (Lipinski definition) is 6. The predicted octanol–water partition coefficient (Wildman–Crippen LogP) is 0.170. The van der Waals surface area contributed by atoms with Crippen LogP contribution in [0.3, 0.4) is 0 Å². The molecule has 2 rings (SSSR count). The number of piperazine rings is 1. The van der Waals surface area contributed by atoms with Crippen molar-refractivity contribution in [2.24, 2.45) is 0 Å². The summed E-state index contributed by atoms with van der Waals surface area (Å²) in [5.74, 6) is -0.143. The lowest BCUT2D eigenvalue weighted by atomic mass is 10.3. The Labute approximate surface area is 118 Å². The van der Waals surface area contributed by atoms with Crippen LogP contribution < -0.4 is 5.32 Å². The van der Waals surface area contributed by atoms with Gasteiger partial charge in [0.1, 0.15) is 13.1 Å². The first-order chi connectivity index (χ1) is 9.04. The van der Waals surface area contributed by atoms with Gasteiger partial charge in [-0.2, -0.15) is 0 Å². The second kappa shape index (κ2) is 6.16. The molecular weight excluding hydrogens is 286 g/mol. The molecule has 8 heteroatoms. The molecule has 1 aliphatic rings. The van der Waals surface area contributed by atoms with E-state index in [2.05, 4.69) is 10.3 Å². The quantitative estimate of drug-likeness (QED) is 0.802. The maximum absolute atomic E-state index is 11.8. The highest BCUT2D eigenvalue weighted by atomic mass is 32.2. The average molecular weight is 299 g/mol. The molecular formula is C11H13N3O3S2. The van der Waals surface area contributed by atoms with Crippen molar-refractivity contribution in [2.45, 2.75) is 12.7 Å². The zero-order valence-corrected chi connectivity index (χ0v) is 12.0. The van der Waals surface area contributed by atoms with Crippen LogP contribution >= 0.6 is 23.1 Å². The fourth-order valence-corrected chi connectivity index (χ4v) is 3.16. The number of aromatic nitrogens is 1. The molecule has 0 bridgehead atoms. The first-order valence-electron chi connectivity index (χ1n) is 5.64. The third-order valence-corrected chi connectivity index (χ3v) is 4.22. The summed E-state index contributed by atoms with van der Waals surface area (Å²) in [7, 11) is 0. The van der Waals surface area contributed by atoms with Gasteiger partial charge in [0, 0.05) is 11.1 Å². The molecule has 1 aromatic rings. The van der Waals surface area contributed by atoms with Crippen molar-refractivity contribution in [1.82, 2.24) is 15.2 Å². The Kier molecular flexibility index (Phi) is 4.54. The van der Waals surface area contributed by atoms with Crippen molar-refractivity contribution in [1.29, 1.82) is 0 Å². The maximum Gasteiger partial charge on any atom is 0.246 e. The molecule has 1 fully saturated rings. The van der Waals surface area contributed by atoms with Crippen molar-refractivity contribution in [3.8, 4) is 0 Å². The van der Waals surface area contributed by atoms with Gasteiger partial charge in [-0.05, 0) is 6.92 Å². The molecule has 1 N–H and O–H groups in total. The molecule has 6 nitrogen and oxygen atoms in total. The Morgan fingerprint density at radius 3 is 2.74 bits per heavy atom. The van der Waals surface area contributed by atoms with Gasteiger partial charge in [0.15, 0.2) is 0 Å². The number of thioether (sulfide) groups is 1. The summed E-state index contributed by atoms with van der Waals surface area (Å²) in [5.41, 5.74) is 0.952. The van der Waals surface area contributed by atoms with Crippen LogP contribution in [0, 0.1) is 6.92 Å². The molecule has 0 atom stereocenters. The number of aryl methyl sites for hydroxylation is 1. The Morgan fingerprint density at radius 2 is 2.16 bits per heavy atom. The topological polar surface area (TPSA) is 79.4 Å². The number of carbonyl (C=O) groups excluding carboxylic acids is 3. The molecule has 1 aromatic heterocycles. The number of nitrogens with zero attached hydrogens (tertiary/aromatic N) is 2. The van der Waals surface area contributed by atoms with Crippen LogP contribution in [0.25, 0.3) is 0 Å². The molecule has 0 spiro atoms. The van der Waals surface area contributed by atoms with Gasteiger partial charge in [-0.25, -0.2) is 4.98 Å². The highest BCUT2D eigenvalue weighted by Gasteiger charge is 2.25. The Balaban J connectivity index is 1.78. The van der Waals surface area contributed by atoms with Crippen molar-refractivity contribution >= 4 is 40.8 Å². The first kappa shape index (κ1) is 14.0. The summed E-state index contributed by atoms with van der Waals surface area (Å²) in [6.07, 6.45) is 0. The zero-order valence-electron chi connectivity index (χ0n) is 10.3. The van der Waals surface area contributed by atoms with Crippen molar-refractivity contribution in [2.75, 3.05) is 18.8 Å². The minimum Gasteiger partial charge on any atom is -0.323 e. The van der Waals surface area contributed by atoms with Crippen LogP contribution in [0.4, 0.5) is 0 Å². The molecule has 1 aliphatic heterocycles. The largest absolute Gasteiger partial charge is 0.323 e. The molecule has 19 heavy (non-hydrogen) atoms. The van der Waals surface area contributed by atoms with Gasteiger partial charge in [0.25, 0.3) is 0 Å². The van der Waals surface area contributed by atoms with Crippen LogP contribution in [0.1, 0.15) is 10.7 Å². The summed E-state index contributed by atoms with van der Waals surface area (Å²) in [5, 5.41) is 5.12. The van der Waals surface area contributed by atoms with Gasteiger partial charge < -0.3 is 4.90 Å². The lowest BCUT2D eigenvalue weighted by molar-refractivity contribution is -0.144. The molecule has 3 amide bonds. The number of hydrogen-bond donors (Lipinski definition) is 1. The fourth-order valence-electron chi connectivity index (χ4n) is 1.62. The van der Waals surface area contributed by atoms with Crippen molar-refractivity contribution in [3.63, 3.8) is 0 Å². The van der Waals surface area contributed by atoms with Gasteiger partial charge >= 0.3 is 0 Å². The van der Waals surface area contributed by atoms with Crippen LogP contribution in [0.5, 0.6) is 0 Å². The van der Waals surface area contributed by atoms with E-state index >= 15 is 0 Å². The Morgan fingerprint density at radius 1 is 1.47 bits per heavy atom. The Bertz CT molecular complexity index is 499. The second-order valence-electron chi connectivity index (χ2n) is 4.07. The van der Waals surface area contributed by atoms with Gasteiger partial charge in [-0.15, -0.1) is 23.1 Å². The number of carbonyl (C=O) groups is 3. The van der Waals surface area contributed by atoms with Crippen LogP contribution in [-0.4, -0.2) is 46.4 Å². The standard InChI is InChI=1S/C11H13N3O3S2/c1-7-12-8(5-19-7)4-18-6-11(17)14-2-9(15)13-10(16)3-14/h5H,2-4,6H2,1H3,(H,13,15,16). The van der Waals surface area contributed by atoms with E-state index in [1.54, 1.807) is 11.3 Å². The van der Waals surface area contributed by atoms with Gasteiger partial charge in [-0.3, -0.25) is 19.7 Å². The fraction of sp³-hybridized carbons (Fsp3) is 0.455. The summed E-state index contributed by atoms with van der Waals surface area (Å²) < 4.78 is 0. The molecule has 0 aromatic carbocycles. The lowest BCUT2D eigenvalue weighted by Gasteiger charge is -2.25. The summed E-state index contributed by atoms with van der Waals surface area (Å²) in [6, 6.07) is 0. The number of thiazole rings is 1. The molecule has 102 valence electrons. The molecule has 0 saturated carbocycles. The normalized spacial score (nSPS) is 15.5. The van der Waals surface area contributed by atoms with Crippen molar-refractivity contribution in [3.05, 3.63) is 16.1 Å². The summed E-state index contributed by atoms with van der Waals surface area (Å²) in [4.78, 5) is 39.7. The molecule has 0 radical (unpaired) electrons. The molecule has 1 saturated heterocycles. The molecule has 0 aliphatic carbocycles. The number of amides is 3. The van der Waals surface area contributed by atoms with Gasteiger partial charge in [0.2, 0.25) is 17.7 Å². The van der Waals surface area contributed by atoms with E-state index in [0.717, 1.165) is 10.7 Å². The van der Waals surface area contributed by atoms with E-state index < -0.39 is 11.8 Å². The van der Waals surface area contributed by atoms with E-state index in [-0.39, 0.29) is 24.7 Å². The van der Waals surface area contributed by atoms with Crippen LogP contribution in [0.15, 0.2) is 5.38 Å². The summed E-state index contributed by atoms with van der Waals surface area (Å²) in [6.45, 7) is 1.85. The third kappa shape index (κ3) is 4.03. The number of imide groups is 1. The highest BCUT2D eigenvalue weighted by Crippen LogP contribution is 2.15. The van der Waals surface area contributed by atoms with E-state index in [1.807, 2.05) is 12.3 Å². The van der Waals surface area contributed by atoms with E-state index in [9.17, 15) is 14.4 Å². The minimum atomic E-state index is -0.426. The summed E-state index contributed by atoms with van der Waals surface area (Å²) >= 11 is 3.01. The van der Waals surface area contributed by atoms with Crippen LogP contribution in [-0.2, 0) is 20.1 Å². The third-order valence-electron chi connectivity index (χ3n) is 2.44. The van der Waals surface area contributed by atoms with Crippen molar-refractivity contribution < 1.29 is 14.4 Å². The second-order valence-corrected chi connectivity index (χ2v) is 6.12. The highest BCUT2D eigenvalue weighted by molar-refractivity contribution is 7.99. The average Bonchev–Trinajstić information content (AvgIpc) is 2.73. The van der Waals surface area contributed by atoms with E-state index in [0.29, 0.717) is 5.75 Å². The molecule has 0 unspecified atom stereocenters. The number of nitrogens with one attached hydrogen (secondary N) is 1. The predicted molar refractivity (Wildman–Crippen MR) is 72.7 cm³/mol. The lowest BCUT2D eigenvalue weighted by Crippen LogP contribution is -2.53. The monoisotopic (exact) mass is 299 g/mol. The first-order valence-corrected chi connectivity index (χ1v) is 7.67. The number of rotatable bonds is 4. The van der Waals surface area contributed by atoms with Gasteiger partial charge in [0.05, 0.1) is 16.5 Å². The van der Waals surface area contributed by atoms with Gasteiger partial charge in [-0.1, -0.05) is 0 Å². The minimum absolute atomic E-state index is 0.0407. The van der Waals surface area contributed by atoms with E-state index in [1.165, 1.54) is 16.7 Å². The maximum atomic E-state index is 11.8. The SMILES string of the molecule is Cc1nc(CSCC(=O)N2CC(=O)NC(=O)C2)cs1. The van der Waals surface area contributed by atoms with E-state index in [4.69, 9.17) is 0 Å².